The van der Waals surface area contributed by atoms with Gasteiger partial charge >= 0.3 is 0 Å². The Kier molecular flexibility index (Phi) is 4.03. The molecule has 1 fully saturated rings. The number of nitrogens with zero attached hydrogens (tertiary/aromatic N) is 2. The van der Waals surface area contributed by atoms with Crippen LogP contribution in [0.4, 0.5) is 0 Å². The van der Waals surface area contributed by atoms with Crippen LogP contribution in [0.5, 0.6) is 0 Å². The largest absolute Gasteiger partial charge is 0.334 e. The van der Waals surface area contributed by atoms with E-state index in [0.717, 1.165) is 23.0 Å². The van der Waals surface area contributed by atoms with Crippen molar-refractivity contribution in [3.05, 3.63) is 65.9 Å². The number of H-pyrrole nitrogens is 1. The van der Waals surface area contributed by atoms with Crippen LogP contribution in [0.1, 0.15) is 35.2 Å². The number of amides is 1. The fourth-order valence-corrected chi connectivity index (χ4v) is 3.34. The van der Waals surface area contributed by atoms with Crippen molar-refractivity contribution in [1.29, 1.82) is 0 Å². The van der Waals surface area contributed by atoms with Crippen molar-refractivity contribution >= 4 is 16.8 Å². The van der Waals surface area contributed by atoms with Crippen LogP contribution in [0.15, 0.2) is 54.7 Å². The van der Waals surface area contributed by atoms with Gasteiger partial charge in [0.1, 0.15) is 0 Å². The molecule has 0 atom stereocenters. The highest BCUT2D eigenvalue weighted by Crippen LogP contribution is 2.29. The molecule has 1 aliphatic carbocycles. The predicted molar refractivity (Wildman–Crippen MR) is 94.6 cm³/mol. The third kappa shape index (κ3) is 2.92. The third-order valence-corrected chi connectivity index (χ3v) is 4.92. The molecule has 4 heteroatoms. The Morgan fingerprint density at radius 1 is 1.12 bits per heavy atom. The molecule has 24 heavy (non-hydrogen) atoms. The number of rotatable bonds is 5. The van der Waals surface area contributed by atoms with Crippen molar-refractivity contribution in [2.45, 2.75) is 25.8 Å². The third-order valence-electron chi connectivity index (χ3n) is 4.92. The molecule has 1 N–H and O–H groups in total. The minimum Gasteiger partial charge on any atom is -0.334 e. The van der Waals surface area contributed by atoms with Crippen molar-refractivity contribution in [2.75, 3.05) is 6.54 Å². The molecule has 122 valence electrons. The minimum atomic E-state index is 0.0951. The molecule has 1 amide bonds. The summed E-state index contributed by atoms with van der Waals surface area (Å²) in [6.45, 7) is 1.49. The van der Waals surface area contributed by atoms with Gasteiger partial charge in [-0.05, 0) is 36.5 Å². The molecule has 0 unspecified atom stereocenters. The number of fused-ring (bicyclic) bond motifs is 1. The van der Waals surface area contributed by atoms with E-state index >= 15 is 0 Å². The Labute approximate surface area is 141 Å². The maximum Gasteiger partial charge on any atom is 0.254 e. The Morgan fingerprint density at radius 2 is 1.96 bits per heavy atom. The van der Waals surface area contributed by atoms with E-state index in [-0.39, 0.29) is 5.91 Å². The SMILES string of the molecule is O=C(c1cccc2[nH]ncc12)N(Cc1ccccc1)CC1CCC1. The number of hydrogen-bond donors (Lipinski definition) is 1. The molecular weight excluding hydrogens is 298 g/mol. The summed E-state index contributed by atoms with van der Waals surface area (Å²) in [5.74, 6) is 0.735. The molecule has 0 spiro atoms. The number of nitrogens with one attached hydrogen (secondary N) is 1. The quantitative estimate of drug-likeness (QED) is 0.772. The molecule has 1 heterocycles. The van der Waals surface area contributed by atoms with E-state index in [1.807, 2.05) is 41.3 Å². The summed E-state index contributed by atoms with van der Waals surface area (Å²) >= 11 is 0. The summed E-state index contributed by atoms with van der Waals surface area (Å²) in [6, 6.07) is 16.0. The van der Waals surface area contributed by atoms with Crippen molar-refractivity contribution in [2.24, 2.45) is 5.92 Å². The lowest BCUT2D eigenvalue weighted by Gasteiger charge is -2.32. The van der Waals surface area contributed by atoms with Gasteiger partial charge in [0.2, 0.25) is 0 Å². The van der Waals surface area contributed by atoms with Crippen LogP contribution in [0.3, 0.4) is 0 Å². The molecule has 1 aromatic heterocycles. The normalized spacial score (nSPS) is 14.5. The van der Waals surface area contributed by atoms with Gasteiger partial charge in [-0.2, -0.15) is 5.10 Å². The lowest BCUT2D eigenvalue weighted by molar-refractivity contribution is 0.0681. The number of benzene rings is 2. The molecule has 3 aromatic rings. The first kappa shape index (κ1) is 14.9. The molecule has 0 saturated heterocycles. The number of carbonyl (C=O) groups is 1. The zero-order valence-electron chi connectivity index (χ0n) is 13.6. The highest BCUT2D eigenvalue weighted by Gasteiger charge is 2.25. The van der Waals surface area contributed by atoms with E-state index in [4.69, 9.17) is 0 Å². The zero-order chi connectivity index (χ0) is 16.4. The first-order chi connectivity index (χ1) is 11.8. The maximum atomic E-state index is 13.2. The summed E-state index contributed by atoms with van der Waals surface area (Å²) in [5, 5.41) is 7.92. The summed E-state index contributed by atoms with van der Waals surface area (Å²) < 4.78 is 0. The molecular formula is C20H21N3O. The summed E-state index contributed by atoms with van der Waals surface area (Å²) in [4.78, 5) is 15.2. The van der Waals surface area contributed by atoms with Crippen LogP contribution in [0.2, 0.25) is 0 Å². The van der Waals surface area contributed by atoms with E-state index < -0.39 is 0 Å². The lowest BCUT2D eigenvalue weighted by Crippen LogP contribution is -2.37. The topological polar surface area (TPSA) is 49.0 Å². The monoisotopic (exact) mass is 319 g/mol. The van der Waals surface area contributed by atoms with Gasteiger partial charge in [-0.3, -0.25) is 9.89 Å². The number of aromatic amines is 1. The summed E-state index contributed by atoms with van der Waals surface area (Å²) in [6.07, 6.45) is 5.49. The molecule has 2 aromatic carbocycles. The maximum absolute atomic E-state index is 13.2. The van der Waals surface area contributed by atoms with Crippen LogP contribution in [-0.4, -0.2) is 27.5 Å². The number of hydrogen-bond acceptors (Lipinski definition) is 2. The predicted octanol–water partition coefficient (Wildman–Crippen LogP) is 4.01. The van der Waals surface area contributed by atoms with Gasteiger partial charge in [0, 0.05) is 18.5 Å². The Morgan fingerprint density at radius 3 is 2.71 bits per heavy atom. The van der Waals surface area contributed by atoms with E-state index in [0.29, 0.717) is 12.5 Å². The summed E-state index contributed by atoms with van der Waals surface area (Å²) in [7, 11) is 0. The second-order valence-corrected chi connectivity index (χ2v) is 6.61. The van der Waals surface area contributed by atoms with Crippen molar-refractivity contribution in [1.82, 2.24) is 15.1 Å². The van der Waals surface area contributed by atoms with Crippen molar-refractivity contribution < 1.29 is 4.79 Å². The Bertz CT molecular complexity index is 836. The fraction of sp³-hybridized carbons (Fsp3) is 0.300. The highest BCUT2D eigenvalue weighted by molar-refractivity contribution is 6.06. The van der Waals surface area contributed by atoms with Gasteiger partial charge in [0.05, 0.1) is 17.3 Å². The standard InChI is InChI=1S/C20H21N3O/c24-20(17-10-5-11-19-18(17)12-21-22-19)23(14-16-8-4-9-16)13-15-6-2-1-3-7-15/h1-3,5-7,10-12,16H,4,8-9,13-14H2,(H,21,22). The van der Waals surface area contributed by atoms with Gasteiger partial charge in [-0.1, -0.05) is 42.8 Å². The molecule has 4 rings (SSSR count). The molecule has 1 aliphatic rings. The van der Waals surface area contributed by atoms with Gasteiger partial charge in [0.25, 0.3) is 5.91 Å². The molecule has 0 aliphatic heterocycles. The average Bonchev–Trinajstić information content (AvgIpc) is 3.06. The lowest BCUT2D eigenvalue weighted by atomic mass is 9.85. The van der Waals surface area contributed by atoms with Gasteiger partial charge < -0.3 is 4.90 Å². The van der Waals surface area contributed by atoms with Gasteiger partial charge in [0.15, 0.2) is 0 Å². The molecule has 0 radical (unpaired) electrons. The number of carbonyl (C=O) groups excluding carboxylic acids is 1. The van der Waals surface area contributed by atoms with Gasteiger partial charge in [-0.15, -0.1) is 0 Å². The van der Waals surface area contributed by atoms with Crippen LogP contribution in [0, 0.1) is 5.92 Å². The van der Waals surface area contributed by atoms with E-state index in [9.17, 15) is 4.79 Å². The molecule has 1 saturated carbocycles. The van der Waals surface area contributed by atoms with Crippen LogP contribution in [0.25, 0.3) is 10.9 Å². The first-order valence-corrected chi connectivity index (χ1v) is 8.56. The van der Waals surface area contributed by atoms with E-state index in [1.54, 1.807) is 6.20 Å². The number of aromatic nitrogens is 2. The minimum absolute atomic E-state index is 0.0951. The van der Waals surface area contributed by atoms with Crippen molar-refractivity contribution in [3.63, 3.8) is 0 Å². The fourth-order valence-electron chi connectivity index (χ4n) is 3.34. The first-order valence-electron chi connectivity index (χ1n) is 8.56. The van der Waals surface area contributed by atoms with Gasteiger partial charge in [-0.25, -0.2) is 0 Å². The Hall–Kier alpha value is -2.62. The molecule has 4 nitrogen and oxygen atoms in total. The molecule has 0 bridgehead atoms. The second-order valence-electron chi connectivity index (χ2n) is 6.61. The smallest absolute Gasteiger partial charge is 0.254 e. The van der Waals surface area contributed by atoms with E-state index in [2.05, 4.69) is 22.3 Å². The Balaban J connectivity index is 1.64. The van der Waals surface area contributed by atoms with E-state index in [1.165, 1.54) is 24.8 Å². The van der Waals surface area contributed by atoms with Crippen LogP contribution >= 0.6 is 0 Å². The average molecular weight is 319 g/mol. The summed E-state index contributed by atoms with van der Waals surface area (Å²) in [5.41, 5.74) is 2.81. The van der Waals surface area contributed by atoms with Crippen LogP contribution < -0.4 is 0 Å². The zero-order valence-corrected chi connectivity index (χ0v) is 13.6. The second kappa shape index (κ2) is 6.48. The van der Waals surface area contributed by atoms with Crippen molar-refractivity contribution in [3.8, 4) is 0 Å². The highest BCUT2D eigenvalue weighted by atomic mass is 16.2. The van der Waals surface area contributed by atoms with Crippen LogP contribution in [-0.2, 0) is 6.54 Å².